The molecule has 0 spiro atoms. The van der Waals surface area contributed by atoms with Crippen LogP contribution < -0.4 is 5.32 Å². The van der Waals surface area contributed by atoms with Crippen molar-refractivity contribution in [2.24, 2.45) is 10.6 Å². The van der Waals surface area contributed by atoms with Crippen molar-refractivity contribution in [3.63, 3.8) is 0 Å². The van der Waals surface area contributed by atoms with Gasteiger partial charge in [0.1, 0.15) is 0 Å². The van der Waals surface area contributed by atoms with Gasteiger partial charge < -0.3 is 10.2 Å². The highest BCUT2D eigenvalue weighted by molar-refractivity contribution is 6.00. The highest BCUT2D eigenvalue weighted by Crippen LogP contribution is 2.25. The van der Waals surface area contributed by atoms with Gasteiger partial charge in [0.15, 0.2) is 0 Å². The van der Waals surface area contributed by atoms with Gasteiger partial charge in [-0.15, -0.1) is 0 Å². The number of rotatable bonds is 4. The van der Waals surface area contributed by atoms with Crippen LogP contribution in [0, 0.1) is 5.41 Å². The van der Waals surface area contributed by atoms with Gasteiger partial charge in [-0.2, -0.15) is 5.10 Å². The number of nitrogens with zero attached hydrogens (tertiary/aromatic N) is 3. The minimum atomic E-state index is -0.573. The van der Waals surface area contributed by atoms with E-state index >= 15 is 0 Å². The fourth-order valence-electron chi connectivity index (χ4n) is 2.47. The predicted octanol–water partition coefficient (Wildman–Crippen LogP) is 3.06. The molecule has 1 atom stereocenters. The highest BCUT2D eigenvalue weighted by Gasteiger charge is 2.33. The third kappa shape index (κ3) is 3.82. The molecular formula is C18H22N4O2. The number of hydrogen-bond acceptors (Lipinski definition) is 4. The van der Waals surface area contributed by atoms with E-state index in [1.165, 1.54) is 0 Å². The number of nitrogens with one attached hydrogen (secondary N) is 1. The molecule has 1 aromatic heterocycles. The van der Waals surface area contributed by atoms with Crippen LogP contribution >= 0.6 is 0 Å². The summed E-state index contributed by atoms with van der Waals surface area (Å²) < 4.78 is 1.79. The third-order valence-corrected chi connectivity index (χ3v) is 3.92. The lowest BCUT2D eigenvalue weighted by molar-refractivity contribution is -0.125. The molecule has 126 valence electrons. The van der Waals surface area contributed by atoms with Crippen LogP contribution in [0.3, 0.4) is 0 Å². The van der Waals surface area contributed by atoms with Crippen LogP contribution in [0.1, 0.15) is 32.8 Å². The predicted molar refractivity (Wildman–Crippen MR) is 92.8 cm³/mol. The maximum Gasteiger partial charge on any atom is 0.268 e. The maximum absolute atomic E-state index is 12.3. The topological polar surface area (TPSA) is 68.5 Å². The summed E-state index contributed by atoms with van der Waals surface area (Å²) in [5, 5.41) is 11.2. The molecule has 1 amide bonds. The van der Waals surface area contributed by atoms with E-state index in [0.717, 1.165) is 11.3 Å². The van der Waals surface area contributed by atoms with Gasteiger partial charge in [-0.05, 0) is 5.56 Å². The van der Waals surface area contributed by atoms with E-state index in [1.807, 2.05) is 36.5 Å². The van der Waals surface area contributed by atoms with Crippen molar-refractivity contribution >= 4 is 17.3 Å². The summed E-state index contributed by atoms with van der Waals surface area (Å²) in [5.41, 5.74) is 2.63. The lowest BCUT2D eigenvalue weighted by atomic mass is 9.87. The first-order valence-corrected chi connectivity index (χ1v) is 8.02. The molecule has 0 saturated heterocycles. The molecule has 1 aliphatic rings. The first-order chi connectivity index (χ1) is 11.4. The molecule has 2 aromatic rings. The largest absolute Gasteiger partial charge is 0.382 e. The molecule has 0 radical (unpaired) electrons. The molecule has 1 aromatic carbocycles. The Hall–Kier alpha value is -2.63. The van der Waals surface area contributed by atoms with Crippen LogP contribution in [-0.4, -0.2) is 27.5 Å². The van der Waals surface area contributed by atoms with E-state index in [2.05, 4.69) is 36.3 Å². The van der Waals surface area contributed by atoms with Crippen molar-refractivity contribution in [1.29, 1.82) is 0 Å². The molecule has 0 bridgehead atoms. The van der Waals surface area contributed by atoms with Crippen molar-refractivity contribution in [1.82, 2.24) is 9.78 Å². The van der Waals surface area contributed by atoms with Gasteiger partial charge in [-0.1, -0.05) is 56.3 Å². The Labute approximate surface area is 141 Å². The van der Waals surface area contributed by atoms with E-state index in [9.17, 15) is 4.79 Å². The number of anilines is 1. The van der Waals surface area contributed by atoms with Crippen molar-refractivity contribution in [2.45, 2.75) is 39.8 Å². The number of carbonyl (C=O) groups excluding carboxylic acids is 1. The first-order valence-electron chi connectivity index (χ1n) is 8.02. The number of hydrogen-bond donors (Lipinski definition) is 1. The summed E-state index contributed by atoms with van der Waals surface area (Å²) in [6.45, 7) is 6.84. The zero-order valence-electron chi connectivity index (χ0n) is 14.2. The SMILES string of the molecule is CC(C)(C)C1=NOC(C(=O)Nc2cnn(Cc3ccccc3)c2)C1. The van der Waals surface area contributed by atoms with Gasteiger partial charge in [-0.3, -0.25) is 9.48 Å². The molecule has 24 heavy (non-hydrogen) atoms. The van der Waals surface area contributed by atoms with Crippen LogP contribution in [0.2, 0.25) is 0 Å². The smallest absolute Gasteiger partial charge is 0.268 e. The van der Waals surface area contributed by atoms with Gasteiger partial charge in [0.25, 0.3) is 5.91 Å². The maximum atomic E-state index is 12.3. The molecule has 1 aliphatic heterocycles. The highest BCUT2D eigenvalue weighted by atomic mass is 16.6. The number of benzene rings is 1. The zero-order chi connectivity index (χ0) is 17.2. The molecule has 1 unspecified atom stereocenters. The molecule has 6 heteroatoms. The minimum absolute atomic E-state index is 0.0877. The Morgan fingerprint density at radius 1 is 1.33 bits per heavy atom. The van der Waals surface area contributed by atoms with E-state index in [4.69, 9.17) is 4.84 Å². The molecule has 0 saturated carbocycles. The second-order valence-corrected chi connectivity index (χ2v) is 6.99. The monoisotopic (exact) mass is 326 g/mol. The van der Waals surface area contributed by atoms with Gasteiger partial charge in [0.05, 0.1) is 24.1 Å². The summed E-state index contributed by atoms with van der Waals surface area (Å²) in [5.74, 6) is -0.197. The van der Waals surface area contributed by atoms with Gasteiger partial charge in [0, 0.05) is 18.0 Å². The number of oxime groups is 1. The summed E-state index contributed by atoms with van der Waals surface area (Å²) in [7, 11) is 0. The van der Waals surface area contributed by atoms with Gasteiger partial charge in [-0.25, -0.2) is 0 Å². The van der Waals surface area contributed by atoms with Gasteiger partial charge in [0.2, 0.25) is 6.10 Å². The molecule has 2 heterocycles. The van der Waals surface area contributed by atoms with Crippen molar-refractivity contribution in [3.05, 3.63) is 48.3 Å². The lowest BCUT2D eigenvalue weighted by Gasteiger charge is -2.16. The average molecular weight is 326 g/mol. The average Bonchev–Trinajstić information content (AvgIpc) is 3.17. The Kier molecular flexibility index (Phi) is 4.38. The number of amides is 1. The van der Waals surface area contributed by atoms with E-state index in [1.54, 1.807) is 10.9 Å². The molecule has 0 fully saturated rings. The normalized spacial score (nSPS) is 17.3. The van der Waals surface area contributed by atoms with Crippen LogP contribution in [0.15, 0.2) is 47.9 Å². The summed E-state index contributed by atoms with van der Waals surface area (Å²) in [6.07, 6.45) is 3.40. The zero-order valence-corrected chi connectivity index (χ0v) is 14.2. The lowest BCUT2D eigenvalue weighted by Crippen LogP contribution is -2.29. The van der Waals surface area contributed by atoms with Crippen molar-refractivity contribution < 1.29 is 9.63 Å². The number of aromatic nitrogens is 2. The fraction of sp³-hybridized carbons (Fsp3) is 0.389. The van der Waals surface area contributed by atoms with E-state index < -0.39 is 6.10 Å². The molecule has 0 aliphatic carbocycles. The van der Waals surface area contributed by atoms with E-state index in [0.29, 0.717) is 18.7 Å². The Morgan fingerprint density at radius 3 is 2.75 bits per heavy atom. The van der Waals surface area contributed by atoms with Crippen LogP contribution in [0.5, 0.6) is 0 Å². The van der Waals surface area contributed by atoms with Crippen molar-refractivity contribution in [3.8, 4) is 0 Å². The molecule has 6 nitrogen and oxygen atoms in total. The molecular weight excluding hydrogens is 304 g/mol. The van der Waals surface area contributed by atoms with Crippen LogP contribution in [0.25, 0.3) is 0 Å². The summed E-state index contributed by atoms with van der Waals surface area (Å²) in [4.78, 5) is 17.6. The van der Waals surface area contributed by atoms with Crippen LogP contribution in [-0.2, 0) is 16.2 Å². The Bertz CT molecular complexity index is 744. The van der Waals surface area contributed by atoms with E-state index in [-0.39, 0.29) is 11.3 Å². The Balaban J connectivity index is 1.57. The fourth-order valence-corrected chi connectivity index (χ4v) is 2.47. The second-order valence-electron chi connectivity index (χ2n) is 6.99. The number of carbonyl (C=O) groups is 1. The standard InChI is InChI=1S/C18H22N4O2/c1-18(2,3)16-9-15(24-21-16)17(23)20-14-10-19-22(12-14)11-13-7-5-4-6-8-13/h4-8,10,12,15H,9,11H2,1-3H3,(H,20,23). The van der Waals surface area contributed by atoms with Crippen molar-refractivity contribution in [2.75, 3.05) is 5.32 Å². The van der Waals surface area contributed by atoms with Gasteiger partial charge >= 0.3 is 0 Å². The minimum Gasteiger partial charge on any atom is -0.382 e. The quantitative estimate of drug-likeness (QED) is 0.939. The molecule has 3 rings (SSSR count). The third-order valence-electron chi connectivity index (χ3n) is 3.92. The van der Waals surface area contributed by atoms with Crippen LogP contribution in [0.4, 0.5) is 5.69 Å². The first kappa shape index (κ1) is 16.2. The summed E-state index contributed by atoms with van der Waals surface area (Å²) in [6, 6.07) is 10.0. The summed E-state index contributed by atoms with van der Waals surface area (Å²) >= 11 is 0. The second kappa shape index (κ2) is 6.47. The molecule has 1 N–H and O–H groups in total. The Morgan fingerprint density at radius 2 is 2.08 bits per heavy atom.